The van der Waals surface area contributed by atoms with Gasteiger partial charge < -0.3 is 14.5 Å². The summed E-state index contributed by atoms with van der Waals surface area (Å²) >= 11 is 0. The number of aromatic nitrogens is 1. The Labute approximate surface area is 163 Å². The molecule has 6 nitrogen and oxygen atoms in total. The normalized spacial score (nSPS) is 11.0. The first-order chi connectivity index (χ1) is 13.3. The van der Waals surface area contributed by atoms with Gasteiger partial charge >= 0.3 is 5.63 Å². The second-order valence-corrected chi connectivity index (χ2v) is 7.10. The zero-order valence-electron chi connectivity index (χ0n) is 16.5. The molecule has 1 aromatic carbocycles. The van der Waals surface area contributed by atoms with Crippen LogP contribution < -0.4 is 15.7 Å². The number of fused-ring (bicyclic) bond motifs is 1. The quantitative estimate of drug-likeness (QED) is 0.661. The standard InChI is InChI=1S/C22H24N2O4/c1-13(2)27-17-6-5-16-10-18(22(26)28-20(16)11-17)21(25)23-8-7-19-15(4)9-14(3)12-24-19/h5-6,9-13H,7-8H2,1-4H3,(H,23,25). The molecule has 0 spiro atoms. The molecule has 0 bridgehead atoms. The van der Waals surface area contributed by atoms with Crippen LogP contribution in [-0.4, -0.2) is 23.5 Å². The van der Waals surface area contributed by atoms with Crippen LogP contribution in [0, 0.1) is 13.8 Å². The Morgan fingerprint density at radius 1 is 1.21 bits per heavy atom. The van der Waals surface area contributed by atoms with Gasteiger partial charge in [0.05, 0.1) is 6.10 Å². The maximum Gasteiger partial charge on any atom is 0.349 e. The van der Waals surface area contributed by atoms with Crippen LogP contribution in [0.2, 0.25) is 0 Å². The predicted molar refractivity (Wildman–Crippen MR) is 108 cm³/mol. The fourth-order valence-electron chi connectivity index (χ4n) is 2.99. The molecule has 0 radical (unpaired) electrons. The summed E-state index contributed by atoms with van der Waals surface area (Å²) in [5.41, 5.74) is 2.81. The maximum absolute atomic E-state index is 12.4. The Balaban J connectivity index is 1.72. The first-order valence-corrected chi connectivity index (χ1v) is 9.28. The largest absolute Gasteiger partial charge is 0.491 e. The van der Waals surface area contributed by atoms with Gasteiger partial charge in [0, 0.05) is 36.3 Å². The second-order valence-electron chi connectivity index (χ2n) is 7.10. The molecule has 0 fully saturated rings. The van der Waals surface area contributed by atoms with Crippen molar-refractivity contribution in [3.8, 4) is 5.75 Å². The molecular weight excluding hydrogens is 356 g/mol. The van der Waals surface area contributed by atoms with Crippen molar-refractivity contribution in [1.82, 2.24) is 10.3 Å². The summed E-state index contributed by atoms with van der Waals surface area (Å²) in [6, 6.07) is 8.82. The van der Waals surface area contributed by atoms with Gasteiger partial charge in [0.2, 0.25) is 0 Å². The lowest BCUT2D eigenvalue weighted by molar-refractivity contribution is 0.0950. The number of pyridine rings is 1. The third-order valence-corrected chi connectivity index (χ3v) is 4.29. The number of rotatable bonds is 6. The molecule has 1 amide bonds. The minimum Gasteiger partial charge on any atom is -0.491 e. The monoisotopic (exact) mass is 380 g/mol. The minimum atomic E-state index is -0.670. The van der Waals surface area contributed by atoms with E-state index < -0.39 is 11.5 Å². The Morgan fingerprint density at radius 2 is 2.00 bits per heavy atom. The van der Waals surface area contributed by atoms with Crippen molar-refractivity contribution in [3.63, 3.8) is 0 Å². The molecule has 0 unspecified atom stereocenters. The van der Waals surface area contributed by atoms with Crippen LogP contribution in [0.25, 0.3) is 11.0 Å². The van der Waals surface area contributed by atoms with Gasteiger partial charge in [0.25, 0.3) is 5.91 Å². The van der Waals surface area contributed by atoms with Crippen LogP contribution in [-0.2, 0) is 6.42 Å². The van der Waals surface area contributed by atoms with Crippen molar-refractivity contribution >= 4 is 16.9 Å². The van der Waals surface area contributed by atoms with E-state index in [1.807, 2.05) is 27.7 Å². The smallest absolute Gasteiger partial charge is 0.349 e. The van der Waals surface area contributed by atoms with Gasteiger partial charge in [-0.15, -0.1) is 0 Å². The summed E-state index contributed by atoms with van der Waals surface area (Å²) in [5, 5.41) is 3.43. The van der Waals surface area contributed by atoms with Crippen LogP contribution in [0.4, 0.5) is 0 Å². The molecular formula is C22H24N2O4. The zero-order valence-corrected chi connectivity index (χ0v) is 16.5. The molecule has 2 heterocycles. The number of benzene rings is 1. The van der Waals surface area contributed by atoms with E-state index in [-0.39, 0.29) is 11.7 Å². The SMILES string of the molecule is Cc1cnc(CCNC(=O)c2cc3ccc(OC(C)C)cc3oc2=O)c(C)c1. The highest BCUT2D eigenvalue weighted by Crippen LogP contribution is 2.21. The number of amides is 1. The molecule has 0 saturated heterocycles. The molecule has 2 aromatic heterocycles. The first-order valence-electron chi connectivity index (χ1n) is 9.28. The number of carbonyl (C=O) groups excluding carboxylic acids is 1. The number of nitrogens with one attached hydrogen (secondary N) is 1. The van der Waals surface area contributed by atoms with Crippen LogP contribution in [0.3, 0.4) is 0 Å². The molecule has 6 heteroatoms. The average molecular weight is 380 g/mol. The van der Waals surface area contributed by atoms with Gasteiger partial charge in [-0.25, -0.2) is 4.79 Å². The number of hydrogen-bond acceptors (Lipinski definition) is 5. The second kappa shape index (κ2) is 8.25. The third kappa shape index (κ3) is 4.57. The number of ether oxygens (including phenoxy) is 1. The lowest BCUT2D eigenvalue weighted by Gasteiger charge is -2.10. The van der Waals surface area contributed by atoms with Gasteiger partial charge in [0.15, 0.2) is 0 Å². The van der Waals surface area contributed by atoms with Crippen molar-refractivity contribution < 1.29 is 13.9 Å². The Hall–Kier alpha value is -3.15. The highest BCUT2D eigenvalue weighted by Gasteiger charge is 2.14. The summed E-state index contributed by atoms with van der Waals surface area (Å²) in [6.07, 6.45) is 2.41. The molecule has 0 atom stereocenters. The number of aryl methyl sites for hydroxylation is 2. The van der Waals surface area contributed by atoms with E-state index in [0.717, 1.165) is 16.8 Å². The van der Waals surface area contributed by atoms with Crippen molar-refractivity contribution in [2.75, 3.05) is 6.54 Å². The fraction of sp³-hybridized carbons (Fsp3) is 0.318. The highest BCUT2D eigenvalue weighted by molar-refractivity contribution is 5.96. The van der Waals surface area contributed by atoms with Crippen LogP contribution >= 0.6 is 0 Å². The minimum absolute atomic E-state index is 0.0147. The van der Waals surface area contributed by atoms with Crippen LogP contribution in [0.1, 0.15) is 41.0 Å². The van der Waals surface area contributed by atoms with E-state index in [1.165, 1.54) is 0 Å². The average Bonchev–Trinajstić information content (AvgIpc) is 2.62. The fourth-order valence-corrected chi connectivity index (χ4v) is 2.99. The van der Waals surface area contributed by atoms with E-state index >= 15 is 0 Å². The van der Waals surface area contributed by atoms with E-state index in [2.05, 4.69) is 16.4 Å². The maximum atomic E-state index is 12.4. The molecule has 0 aliphatic rings. The summed E-state index contributed by atoms with van der Waals surface area (Å²) < 4.78 is 10.9. The molecule has 146 valence electrons. The lowest BCUT2D eigenvalue weighted by atomic mass is 10.1. The van der Waals surface area contributed by atoms with Gasteiger partial charge in [-0.05, 0) is 57.0 Å². The summed E-state index contributed by atoms with van der Waals surface area (Å²) in [5.74, 6) is 0.159. The van der Waals surface area contributed by atoms with Gasteiger partial charge in [0.1, 0.15) is 16.9 Å². The lowest BCUT2D eigenvalue weighted by Crippen LogP contribution is -2.30. The molecule has 3 rings (SSSR count). The van der Waals surface area contributed by atoms with E-state index in [1.54, 1.807) is 30.5 Å². The molecule has 3 aromatic rings. The van der Waals surface area contributed by atoms with E-state index in [4.69, 9.17) is 9.15 Å². The first kappa shape index (κ1) is 19.6. The van der Waals surface area contributed by atoms with Crippen molar-refractivity contribution in [3.05, 3.63) is 69.3 Å². The van der Waals surface area contributed by atoms with Crippen molar-refractivity contribution in [1.29, 1.82) is 0 Å². The third-order valence-electron chi connectivity index (χ3n) is 4.29. The Bertz CT molecular complexity index is 1070. The van der Waals surface area contributed by atoms with Crippen LogP contribution in [0.5, 0.6) is 5.75 Å². The Morgan fingerprint density at radius 3 is 2.71 bits per heavy atom. The Kier molecular flexibility index (Phi) is 5.78. The molecule has 0 aliphatic carbocycles. The molecule has 0 aliphatic heterocycles. The summed E-state index contributed by atoms with van der Waals surface area (Å²) in [4.78, 5) is 29.1. The summed E-state index contributed by atoms with van der Waals surface area (Å²) in [6.45, 7) is 8.20. The highest BCUT2D eigenvalue weighted by atomic mass is 16.5. The molecule has 0 saturated carbocycles. The van der Waals surface area contributed by atoms with Gasteiger partial charge in [-0.1, -0.05) is 6.07 Å². The number of hydrogen-bond donors (Lipinski definition) is 1. The van der Waals surface area contributed by atoms with Crippen molar-refractivity contribution in [2.45, 2.75) is 40.2 Å². The van der Waals surface area contributed by atoms with Crippen molar-refractivity contribution in [2.24, 2.45) is 0 Å². The topological polar surface area (TPSA) is 81.4 Å². The van der Waals surface area contributed by atoms with E-state index in [0.29, 0.717) is 29.7 Å². The van der Waals surface area contributed by atoms with E-state index in [9.17, 15) is 9.59 Å². The predicted octanol–water partition coefficient (Wildman–Crippen LogP) is 3.56. The van der Waals surface area contributed by atoms with Crippen LogP contribution in [0.15, 0.2) is 45.7 Å². The summed E-state index contributed by atoms with van der Waals surface area (Å²) in [7, 11) is 0. The van der Waals surface area contributed by atoms with Gasteiger partial charge in [-0.3, -0.25) is 9.78 Å². The van der Waals surface area contributed by atoms with Gasteiger partial charge in [-0.2, -0.15) is 0 Å². The molecule has 1 N–H and O–H groups in total. The zero-order chi connectivity index (χ0) is 20.3. The molecule has 28 heavy (non-hydrogen) atoms. The number of nitrogens with zero attached hydrogens (tertiary/aromatic N) is 1. The number of carbonyl (C=O) groups is 1.